The number of carbonyl (C=O) groups is 1. The third-order valence-electron chi connectivity index (χ3n) is 5.97. The monoisotopic (exact) mass is 471 g/mol. The number of benzene rings is 2. The first kappa shape index (κ1) is 21.4. The minimum atomic E-state index is -3.52. The first-order valence-electron chi connectivity index (χ1n) is 10.9. The SMILES string of the molecule is O=C(OC1CN(c2nc3ccccc3s2)C1)c1ccc(S(=O)(=O)N2CCCCCC2)cc1. The number of thiazole rings is 1. The predicted octanol–water partition coefficient (Wildman–Crippen LogP) is 3.91. The van der Waals surface area contributed by atoms with Crippen molar-refractivity contribution in [3.05, 3.63) is 54.1 Å². The number of rotatable bonds is 5. The molecule has 0 aliphatic carbocycles. The second kappa shape index (κ2) is 8.80. The number of esters is 1. The first-order chi connectivity index (χ1) is 15.5. The van der Waals surface area contributed by atoms with Gasteiger partial charge in [0.25, 0.3) is 0 Å². The molecule has 0 amide bonds. The lowest BCUT2D eigenvalue weighted by Crippen LogP contribution is -2.53. The van der Waals surface area contributed by atoms with Crippen LogP contribution in [-0.2, 0) is 14.8 Å². The summed E-state index contributed by atoms with van der Waals surface area (Å²) in [6, 6.07) is 14.1. The molecule has 2 aliphatic heterocycles. The van der Waals surface area contributed by atoms with Crippen LogP contribution in [0.2, 0.25) is 0 Å². The molecule has 0 atom stereocenters. The Morgan fingerprint density at radius 3 is 2.34 bits per heavy atom. The molecule has 0 bridgehead atoms. The summed E-state index contributed by atoms with van der Waals surface area (Å²) in [7, 11) is -3.52. The third kappa shape index (κ3) is 4.24. The van der Waals surface area contributed by atoms with Gasteiger partial charge in [-0.25, -0.2) is 18.2 Å². The lowest BCUT2D eigenvalue weighted by molar-refractivity contribution is 0.0234. The van der Waals surface area contributed by atoms with Crippen molar-refractivity contribution in [3.8, 4) is 0 Å². The largest absolute Gasteiger partial charge is 0.455 e. The van der Waals surface area contributed by atoms with Crippen molar-refractivity contribution in [3.63, 3.8) is 0 Å². The fraction of sp³-hybridized carbons (Fsp3) is 0.391. The molecule has 9 heteroatoms. The maximum absolute atomic E-state index is 12.9. The summed E-state index contributed by atoms with van der Waals surface area (Å²) < 4.78 is 34.1. The average Bonchev–Trinajstić information content (AvgIpc) is 2.99. The van der Waals surface area contributed by atoms with Crippen molar-refractivity contribution in [1.29, 1.82) is 0 Å². The zero-order valence-corrected chi connectivity index (χ0v) is 19.3. The molecule has 32 heavy (non-hydrogen) atoms. The number of sulfonamides is 1. The molecule has 0 unspecified atom stereocenters. The topological polar surface area (TPSA) is 79.8 Å². The van der Waals surface area contributed by atoms with Crippen molar-refractivity contribution in [2.45, 2.75) is 36.7 Å². The van der Waals surface area contributed by atoms with Crippen molar-refractivity contribution >= 4 is 42.7 Å². The van der Waals surface area contributed by atoms with Gasteiger partial charge in [-0.3, -0.25) is 0 Å². The molecule has 5 rings (SSSR count). The van der Waals surface area contributed by atoms with Gasteiger partial charge in [-0.2, -0.15) is 4.31 Å². The summed E-state index contributed by atoms with van der Waals surface area (Å²) in [5.41, 5.74) is 1.33. The Morgan fingerprint density at radius 2 is 1.66 bits per heavy atom. The second-order valence-corrected chi connectivity index (χ2v) is 11.2. The van der Waals surface area contributed by atoms with Crippen LogP contribution in [0.1, 0.15) is 36.0 Å². The number of para-hydroxylation sites is 1. The number of hydrogen-bond donors (Lipinski definition) is 0. The molecule has 3 aromatic rings. The lowest BCUT2D eigenvalue weighted by atomic mass is 10.2. The van der Waals surface area contributed by atoms with Gasteiger partial charge in [0.05, 0.1) is 33.8 Å². The van der Waals surface area contributed by atoms with Crippen molar-refractivity contribution < 1.29 is 17.9 Å². The first-order valence-corrected chi connectivity index (χ1v) is 13.2. The smallest absolute Gasteiger partial charge is 0.338 e. The van der Waals surface area contributed by atoms with Crippen LogP contribution in [-0.4, -0.2) is 56.0 Å². The van der Waals surface area contributed by atoms with Crippen molar-refractivity contribution in [1.82, 2.24) is 9.29 Å². The van der Waals surface area contributed by atoms with Gasteiger partial charge in [0.15, 0.2) is 5.13 Å². The fourth-order valence-electron chi connectivity index (χ4n) is 4.08. The van der Waals surface area contributed by atoms with Crippen LogP contribution in [0.5, 0.6) is 0 Å². The summed E-state index contributed by atoms with van der Waals surface area (Å²) in [5, 5.41) is 0.932. The fourth-order valence-corrected chi connectivity index (χ4v) is 6.58. The number of nitrogens with zero attached hydrogens (tertiary/aromatic N) is 3. The van der Waals surface area contributed by atoms with Crippen LogP contribution in [0.3, 0.4) is 0 Å². The molecule has 168 valence electrons. The number of carbonyl (C=O) groups excluding carboxylic acids is 1. The zero-order valence-electron chi connectivity index (χ0n) is 17.6. The van der Waals surface area contributed by atoms with Crippen LogP contribution >= 0.6 is 11.3 Å². The predicted molar refractivity (Wildman–Crippen MR) is 125 cm³/mol. The minimum Gasteiger partial charge on any atom is -0.455 e. The quantitative estimate of drug-likeness (QED) is 0.525. The van der Waals surface area contributed by atoms with Gasteiger partial charge < -0.3 is 9.64 Å². The minimum absolute atomic E-state index is 0.199. The molecule has 2 aromatic carbocycles. The van der Waals surface area contributed by atoms with Gasteiger partial charge in [-0.1, -0.05) is 36.3 Å². The standard InChI is InChI=1S/C23H25N3O4S2/c27-22(30-18-15-25(16-18)23-24-20-7-3-4-8-21(20)31-23)17-9-11-19(12-10-17)32(28,29)26-13-5-1-2-6-14-26/h3-4,7-12,18H,1-2,5-6,13-16H2. The highest BCUT2D eigenvalue weighted by Crippen LogP contribution is 2.32. The lowest BCUT2D eigenvalue weighted by Gasteiger charge is -2.38. The van der Waals surface area contributed by atoms with Gasteiger partial charge in [-0.05, 0) is 49.2 Å². The van der Waals surface area contributed by atoms with E-state index < -0.39 is 16.0 Å². The Bertz CT molecular complexity index is 1180. The number of fused-ring (bicyclic) bond motifs is 1. The summed E-state index contributed by atoms with van der Waals surface area (Å²) in [6.45, 7) is 2.32. The van der Waals surface area contributed by atoms with E-state index in [1.165, 1.54) is 24.3 Å². The Morgan fingerprint density at radius 1 is 0.969 bits per heavy atom. The molecule has 0 N–H and O–H groups in total. The highest BCUT2D eigenvalue weighted by Gasteiger charge is 2.32. The molecule has 0 spiro atoms. The molecule has 2 saturated heterocycles. The molecule has 2 fully saturated rings. The number of ether oxygens (including phenoxy) is 1. The maximum Gasteiger partial charge on any atom is 0.338 e. The molecular formula is C23H25N3O4S2. The molecule has 7 nitrogen and oxygen atoms in total. The van der Waals surface area contributed by atoms with Gasteiger partial charge in [-0.15, -0.1) is 0 Å². The summed E-state index contributed by atoms with van der Waals surface area (Å²) in [6.07, 6.45) is 3.70. The Balaban J connectivity index is 1.18. The Labute approximate surface area is 191 Å². The van der Waals surface area contributed by atoms with Crippen LogP contribution < -0.4 is 4.90 Å². The number of anilines is 1. The van der Waals surface area contributed by atoms with E-state index in [-0.39, 0.29) is 11.0 Å². The molecule has 1 aromatic heterocycles. The van der Waals surface area contributed by atoms with E-state index in [0.717, 1.165) is 41.0 Å². The molecule has 0 saturated carbocycles. The maximum atomic E-state index is 12.9. The Kier molecular flexibility index (Phi) is 5.88. The van der Waals surface area contributed by atoms with Gasteiger partial charge in [0.2, 0.25) is 10.0 Å². The molecule has 3 heterocycles. The van der Waals surface area contributed by atoms with E-state index in [1.807, 2.05) is 24.3 Å². The van der Waals surface area contributed by atoms with Crippen molar-refractivity contribution in [2.75, 3.05) is 31.1 Å². The molecular weight excluding hydrogens is 446 g/mol. The molecule has 2 aliphatic rings. The van der Waals surface area contributed by atoms with Crippen LogP contribution in [0.4, 0.5) is 5.13 Å². The van der Waals surface area contributed by atoms with Crippen LogP contribution in [0, 0.1) is 0 Å². The zero-order chi connectivity index (χ0) is 22.1. The summed E-state index contributed by atoms with van der Waals surface area (Å²) >= 11 is 1.63. The van der Waals surface area contributed by atoms with Gasteiger partial charge in [0.1, 0.15) is 6.10 Å². The van der Waals surface area contributed by atoms with E-state index >= 15 is 0 Å². The highest BCUT2D eigenvalue weighted by atomic mass is 32.2. The van der Waals surface area contributed by atoms with E-state index in [2.05, 4.69) is 9.88 Å². The highest BCUT2D eigenvalue weighted by molar-refractivity contribution is 7.89. The van der Waals surface area contributed by atoms with Crippen LogP contribution in [0.15, 0.2) is 53.4 Å². The van der Waals surface area contributed by atoms with Crippen LogP contribution in [0.25, 0.3) is 10.2 Å². The Hall–Kier alpha value is -2.49. The molecule has 0 radical (unpaired) electrons. The van der Waals surface area contributed by atoms with Crippen molar-refractivity contribution in [2.24, 2.45) is 0 Å². The van der Waals surface area contributed by atoms with E-state index in [4.69, 9.17) is 4.74 Å². The average molecular weight is 472 g/mol. The summed E-state index contributed by atoms with van der Waals surface area (Å²) in [5.74, 6) is -0.433. The number of aromatic nitrogens is 1. The summed E-state index contributed by atoms with van der Waals surface area (Å²) in [4.78, 5) is 19.5. The third-order valence-corrected chi connectivity index (χ3v) is 8.98. The van der Waals surface area contributed by atoms with E-state index in [0.29, 0.717) is 31.7 Å². The second-order valence-electron chi connectivity index (χ2n) is 8.24. The van der Waals surface area contributed by atoms with Gasteiger partial charge in [0, 0.05) is 13.1 Å². The van der Waals surface area contributed by atoms with Gasteiger partial charge >= 0.3 is 5.97 Å². The number of hydrogen-bond acceptors (Lipinski definition) is 7. The normalized spacial score (nSPS) is 18.3. The van der Waals surface area contributed by atoms with E-state index in [1.54, 1.807) is 15.6 Å². The van der Waals surface area contributed by atoms with E-state index in [9.17, 15) is 13.2 Å².